The number of likely N-dealkylation sites (tertiary alicyclic amines) is 1. The number of benzene rings is 1. The minimum Gasteiger partial charge on any atom is -0.450 e. The number of amides is 2. The van der Waals surface area contributed by atoms with E-state index in [4.69, 9.17) is 9.72 Å². The zero-order valence-electron chi connectivity index (χ0n) is 16.9. The lowest BCUT2D eigenvalue weighted by Gasteiger charge is -2.36. The van der Waals surface area contributed by atoms with Gasteiger partial charge in [0, 0.05) is 38.6 Å². The van der Waals surface area contributed by atoms with E-state index in [2.05, 4.69) is 23.1 Å². The zero-order chi connectivity index (χ0) is 20.2. The van der Waals surface area contributed by atoms with Gasteiger partial charge in [-0.3, -0.25) is 9.69 Å². The maximum atomic E-state index is 12.8. The first-order valence-corrected chi connectivity index (χ1v) is 11.2. The molecular formula is C21H28N4O3S. The van der Waals surface area contributed by atoms with Gasteiger partial charge >= 0.3 is 6.09 Å². The zero-order valence-corrected chi connectivity index (χ0v) is 17.7. The summed E-state index contributed by atoms with van der Waals surface area (Å²) in [4.78, 5) is 35.2. The lowest BCUT2D eigenvalue weighted by Crippen LogP contribution is -2.53. The lowest BCUT2D eigenvalue weighted by atomic mass is 9.98. The topological polar surface area (TPSA) is 66.0 Å². The van der Waals surface area contributed by atoms with Crippen LogP contribution in [0.25, 0.3) is 10.2 Å². The molecule has 2 saturated heterocycles. The lowest BCUT2D eigenvalue weighted by molar-refractivity contribution is -0.134. The number of fused-ring (bicyclic) bond motifs is 1. The molecule has 156 valence electrons. The van der Waals surface area contributed by atoms with E-state index < -0.39 is 0 Å². The first-order valence-electron chi connectivity index (χ1n) is 10.4. The second-order valence-electron chi connectivity index (χ2n) is 7.66. The van der Waals surface area contributed by atoms with E-state index in [1.165, 1.54) is 9.71 Å². The van der Waals surface area contributed by atoms with Crippen molar-refractivity contribution in [1.29, 1.82) is 0 Å². The van der Waals surface area contributed by atoms with Crippen LogP contribution in [0.2, 0.25) is 0 Å². The van der Waals surface area contributed by atoms with E-state index in [1.54, 1.807) is 23.2 Å². The Morgan fingerprint density at radius 1 is 1.14 bits per heavy atom. The third-order valence-corrected chi connectivity index (χ3v) is 6.88. The molecular weight excluding hydrogens is 388 g/mol. The van der Waals surface area contributed by atoms with E-state index in [-0.39, 0.29) is 12.0 Å². The summed E-state index contributed by atoms with van der Waals surface area (Å²) in [7, 11) is 0. The molecule has 2 fully saturated rings. The highest BCUT2D eigenvalue weighted by atomic mass is 32.1. The fourth-order valence-electron chi connectivity index (χ4n) is 4.11. The molecule has 2 aromatic rings. The molecule has 4 rings (SSSR count). The van der Waals surface area contributed by atoms with Gasteiger partial charge in [0.15, 0.2) is 0 Å². The first-order chi connectivity index (χ1) is 14.1. The normalized spacial score (nSPS) is 20.8. The minimum absolute atomic E-state index is 0.151. The summed E-state index contributed by atoms with van der Waals surface area (Å²) >= 11 is 1.78. The highest BCUT2D eigenvalue weighted by Crippen LogP contribution is 2.32. The van der Waals surface area contributed by atoms with Crippen LogP contribution < -0.4 is 0 Å². The van der Waals surface area contributed by atoms with Crippen LogP contribution in [0.5, 0.6) is 0 Å². The highest BCUT2D eigenvalue weighted by molar-refractivity contribution is 7.18. The summed E-state index contributed by atoms with van der Waals surface area (Å²) in [5.41, 5.74) is 1.07. The summed E-state index contributed by atoms with van der Waals surface area (Å²) in [5, 5.41) is 1.19. The number of thiazole rings is 1. The molecule has 1 aromatic heterocycles. The number of hydrogen-bond acceptors (Lipinski definition) is 6. The van der Waals surface area contributed by atoms with Crippen molar-refractivity contribution < 1.29 is 14.3 Å². The van der Waals surface area contributed by atoms with Gasteiger partial charge in [-0.2, -0.15) is 0 Å². The number of para-hydroxylation sites is 1. The Kier molecular flexibility index (Phi) is 6.30. The molecule has 8 heteroatoms. The molecule has 1 aromatic carbocycles. The standard InChI is InChI=1S/C21H28N4O3S/c1-2-28-21(27)25-12-10-24(11-13-25)19(26)15-23-9-5-6-16(14-23)20-22-17-7-3-4-8-18(17)29-20/h3-4,7-8,16H,2,5-6,9-15H2,1H3/t16-/m0/s1. The molecule has 0 N–H and O–H groups in total. The van der Waals surface area contributed by atoms with E-state index in [0.717, 1.165) is 31.4 Å². The summed E-state index contributed by atoms with van der Waals surface area (Å²) in [6.45, 7) is 6.70. The molecule has 2 amide bonds. The van der Waals surface area contributed by atoms with Crippen molar-refractivity contribution in [2.45, 2.75) is 25.7 Å². The van der Waals surface area contributed by atoms with Crippen molar-refractivity contribution in [2.24, 2.45) is 0 Å². The second kappa shape index (κ2) is 9.09. The third kappa shape index (κ3) is 4.70. The van der Waals surface area contributed by atoms with E-state index in [9.17, 15) is 9.59 Å². The Hall–Kier alpha value is -2.19. The fraction of sp³-hybridized carbons (Fsp3) is 0.571. The summed E-state index contributed by atoms with van der Waals surface area (Å²) in [6.07, 6.45) is 1.93. The van der Waals surface area contributed by atoms with Crippen LogP contribution in [-0.4, -0.2) is 84.1 Å². The summed E-state index contributed by atoms with van der Waals surface area (Å²) in [5.74, 6) is 0.549. The van der Waals surface area contributed by atoms with Gasteiger partial charge in [0.05, 0.1) is 28.4 Å². The van der Waals surface area contributed by atoms with Crippen LogP contribution in [-0.2, 0) is 9.53 Å². The van der Waals surface area contributed by atoms with Crippen LogP contribution in [0.4, 0.5) is 4.79 Å². The molecule has 0 saturated carbocycles. The second-order valence-corrected chi connectivity index (χ2v) is 8.72. The van der Waals surface area contributed by atoms with Gasteiger partial charge in [-0.1, -0.05) is 12.1 Å². The molecule has 1 atom stereocenters. The molecule has 0 unspecified atom stereocenters. The Balaban J connectivity index is 1.30. The average molecular weight is 417 g/mol. The van der Waals surface area contributed by atoms with Crippen molar-refractivity contribution in [3.8, 4) is 0 Å². The van der Waals surface area contributed by atoms with Crippen molar-refractivity contribution in [3.63, 3.8) is 0 Å². The van der Waals surface area contributed by atoms with Gasteiger partial charge < -0.3 is 14.5 Å². The summed E-state index contributed by atoms with van der Waals surface area (Å²) in [6, 6.07) is 8.27. The number of nitrogens with zero attached hydrogens (tertiary/aromatic N) is 4. The van der Waals surface area contributed by atoms with Gasteiger partial charge in [-0.05, 0) is 38.4 Å². The van der Waals surface area contributed by atoms with Gasteiger partial charge in [-0.25, -0.2) is 9.78 Å². The number of carbonyl (C=O) groups is 2. The number of hydrogen-bond donors (Lipinski definition) is 0. The molecule has 0 radical (unpaired) electrons. The number of piperazine rings is 1. The van der Waals surface area contributed by atoms with Crippen molar-refractivity contribution >= 4 is 33.6 Å². The molecule has 3 heterocycles. The molecule has 2 aliphatic heterocycles. The Bertz CT molecular complexity index is 829. The predicted molar refractivity (Wildman–Crippen MR) is 113 cm³/mol. The fourth-order valence-corrected chi connectivity index (χ4v) is 5.20. The quantitative estimate of drug-likeness (QED) is 0.767. The third-order valence-electron chi connectivity index (χ3n) is 5.68. The molecule has 0 aliphatic carbocycles. The number of carbonyl (C=O) groups excluding carboxylic acids is 2. The van der Waals surface area contributed by atoms with E-state index in [1.807, 2.05) is 11.0 Å². The van der Waals surface area contributed by atoms with E-state index >= 15 is 0 Å². The highest BCUT2D eigenvalue weighted by Gasteiger charge is 2.29. The Morgan fingerprint density at radius 2 is 1.90 bits per heavy atom. The van der Waals surface area contributed by atoms with Crippen LogP contribution in [0.3, 0.4) is 0 Å². The van der Waals surface area contributed by atoms with Gasteiger partial charge in [-0.15, -0.1) is 11.3 Å². The van der Waals surface area contributed by atoms with Gasteiger partial charge in [0.2, 0.25) is 5.91 Å². The van der Waals surface area contributed by atoms with Crippen molar-refractivity contribution in [2.75, 3.05) is 52.4 Å². The molecule has 7 nitrogen and oxygen atoms in total. The number of aromatic nitrogens is 1. The van der Waals surface area contributed by atoms with Crippen LogP contribution in [0.15, 0.2) is 24.3 Å². The van der Waals surface area contributed by atoms with Crippen LogP contribution >= 0.6 is 11.3 Å². The molecule has 29 heavy (non-hydrogen) atoms. The van der Waals surface area contributed by atoms with Crippen LogP contribution in [0.1, 0.15) is 30.7 Å². The SMILES string of the molecule is CCOC(=O)N1CCN(C(=O)CN2CCC[C@H](c3nc4ccccc4s3)C2)CC1. The Morgan fingerprint density at radius 3 is 2.66 bits per heavy atom. The Labute approximate surface area is 175 Å². The van der Waals surface area contributed by atoms with E-state index in [0.29, 0.717) is 45.2 Å². The molecule has 2 aliphatic rings. The first kappa shape index (κ1) is 20.1. The monoisotopic (exact) mass is 416 g/mol. The summed E-state index contributed by atoms with van der Waals surface area (Å²) < 4.78 is 6.28. The predicted octanol–water partition coefficient (Wildman–Crippen LogP) is 2.78. The van der Waals surface area contributed by atoms with Crippen molar-refractivity contribution in [1.82, 2.24) is 19.7 Å². The maximum absolute atomic E-state index is 12.8. The number of ether oxygens (including phenoxy) is 1. The maximum Gasteiger partial charge on any atom is 0.409 e. The van der Waals surface area contributed by atoms with Crippen LogP contribution in [0, 0.1) is 0 Å². The molecule has 0 bridgehead atoms. The smallest absolute Gasteiger partial charge is 0.409 e. The van der Waals surface area contributed by atoms with Crippen molar-refractivity contribution in [3.05, 3.63) is 29.3 Å². The minimum atomic E-state index is -0.283. The molecule has 0 spiro atoms. The van der Waals surface area contributed by atoms with Gasteiger partial charge in [0.1, 0.15) is 0 Å². The number of piperidine rings is 1. The largest absolute Gasteiger partial charge is 0.450 e. The number of rotatable bonds is 4. The van der Waals surface area contributed by atoms with Gasteiger partial charge in [0.25, 0.3) is 0 Å². The average Bonchev–Trinajstić information content (AvgIpc) is 3.19.